The first-order valence-electron chi connectivity index (χ1n) is 6.21. The highest BCUT2D eigenvalue weighted by atomic mass is 35.5. The van der Waals surface area contributed by atoms with E-state index >= 15 is 0 Å². The fraction of sp³-hybridized carbons (Fsp3) is 1.00. The summed E-state index contributed by atoms with van der Waals surface area (Å²) in [6.45, 7) is 3.18. The molecule has 0 bridgehead atoms. The van der Waals surface area contributed by atoms with Crippen molar-refractivity contribution in [3.63, 3.8) is 0 Å². The predicted molar refractivity (Wildman–Crippen MR) is 62.9 cm³/mol. The second kappa shape index (κ2) is 5.48. The molecular weight excluding hydrogens is 210 g/mol. The van der Waals surface area contributed by atoms with E-state index in [0.717, 1.165) is 32.0 Å². The van der Waals surface area contributed by atoms with Gasteiger partial charge in [-0.25, -0.2) is 0 Å². The minimum absolute atomic E-state index is 0.394. The van der Waals surface area contributed by atoms with Gasteiger partial charge in [-0.2, -0.15) is 0 Å². The fourth-order valence-electron chi connectivity index (χ4n) is 3.04. The summed E-state index contributed by atoms with van der Waals surface area (Å²) >= 11 is 6.22. The summed E-state index contributed by atoms with van der Waals surface area (Å²) in [6.07, 6.45) is 4.87. The van der Waals surface area contributed by atoms with Gasteiger partial charge in [0.1, 0.15) is 0 Å². The zero-order valence-corrected chi connectivity index (χ0v) is 10.1. The molecular formula is C11H23ClN3+. The quantitative estimate of drug-likeness (QED) is 0.598. The molecule has 0 aromatic carbocycles. The summed E-state index contributed by atoms with van der Waals surface area (Å²) in [5.74, 6) is 0.792. The summed E-state index contributed by atoms with van der Waals surface area (Å²) < 4.78 is 0. The molecule has 2 fully saturated rings. The molecule has 2 rings (SSSR count). The minimum atomic E-state index is 0.394. The zero-order chi connectivity index (χ0) is 10.7. The van der Waals surface area contributed by atoms with Crippen molar-refractivity contribution in [3.8, 4) is 0 Å². The molecule has 5 N–H and O–H groups in total. The van der Waals surface area contributed by atoms with Crippen molar-refractivity contribution in [1.29, 1.82) is 0 Å². The van der Waals surface area contributed by atoms with Crippen LogP contribution in [0.2, 0.25) is 0 Å². The number of halogens is 1. The maximum Gasteiger partial charge on any atom is 0.0866 e. The summed E-state index contributed by atoms with van der Waals surface area (Å²) in [5, 5.41) is 7.65. The van der Waals surface area contributed by atoms with Crippen molar-refractivity contribution in [2.45, 2.75) is 43.1 Å². The number of alkyl halides is 1. The summed E-state index contributed by atoms with van der Waals surface area (Å²) in [4.78, 5) is 0. The Morgan fingerprint density at radius 2 is 2.20 bits per heavy atom. The third-order valence-corrected chi connectivity index (χ3v) is 4.20. The van der Waals surface area contributed by atoms with Crippen molar-refractivity contribution in [2.24, 2.45) is 5.92 Å². The average Bonchev–Trinajstić information content (AvgIpc) is 2.25. The Bertz CT molecular complexity index is 200. The molecule has 4 heteroatoms. The van der Waals surface area contributed by atoms with Crippen LogP contribution in [0.4, 0.5) is 0 Å². The molecule has 0 aromatic heterocycles. The molecule has 88 valence electrons. The van der Waals surface area contributed by atoms with E-state index < -0.39 is 0 Å². The van der Waals surface area contributed by atoms with Gasteiger partial charge in [0, 0.05) is 24.0 Å². The van der Waals surface area contributed by atoms with Crippen molar-refractivity contribution in [3.05, 3.63) is 0 Å². The highest BCUT2D eigenvalue weighted by molar-refractivity contribution is 6.20. The van der Waals surface area contributed by atoms with Crippen LogP contribution in [0.5, 0.6) is 0 Å². The maximum absolute atomic E-state index is 6.22. The molecule has 4 unspecified atom stereocenters. The van der Waals surface area contributed by atoms with Gasteiger partial charge in [0.2, 0.25) is 0 Å². The summed E-state index contributed by atoms with van der Waals surface area (Å²) in [5.41, 5.74) is 3.89. The lowest BCUT2D eigenvalue weighted by Crippen LogP contribution is -2.60. The van der Waals surface area contributed by atoms with Crippen LogP contribution in [-0.2, 0) is 0 Å². The lowest BCUT2D eigenvalue weighted by atomic mass is 9.76. The van der Waals surface area contributed by atoms with Gasteiger partial charge < -0.3 is 16.4 Å². The predicted octanol–water partition coefficient (Wildman–Crippen LogP) is -0.0441. The van der Waals surface area contributed by atoms with Crippen molar-refractivity contribution in [2.75, 3.05) is 19.6 Å². The van der Waals surface area contributed by atoms with Gasteiger partial charge in [0.15, 0.2) is 0 Å². The van der Waals surface area contributed by atoms with Gasteiger partial charge >= 0.3 is 0 Å². The molecule has 1 saturated heterocycles. The van der Waals surface area contributed by atoms with Crippen LogP contribution in [0.1, 0.15) is 25.7 Å². The Morgan fingerprint density at radius 1 is 1.33 bits per heavy atom. The fourth-order valence-corrected chi connectivity index (χ4v) is 3.36. The Labute approximate surface area is 97.1 Å². The van der Waals surface area contributed by atoms with E-state index in [1.807, 2.05) is 0 Å². The molecule has 3 nitrogen and oxygen atoms in total. The molecule has 4 atom stereocenters. The lowest BCUT2D eigenvalue weighted by Gasteiger charge is -2.43. The molecule has 0 amide bonds. The van der Waals surface area contributed by atoms with Crippen LogP contribution in [0.15, 0.2) is 0 Å². The number of hydrogen-bond acceptors (Lipinski definition) is 2. The van der Waals surface area contributed by atoms with Gasteiger partial charge in [-0.1, -0.05) is 0 Å². The molecule has 0 radical (unpaired) electrons. The number of rotatable bonds is 3. The standard InChI is InChI=1S/C11H22ClN3/c12-8-1-2-9-10(15-6-4-13)3-5-14-11(9)7-8/h8-11,14-15H,1-7,13H2/p+1. The molecule has 2 aliphatic rings. The highest BCUT2D eigenvalue weighted by Crippen LogP contribution is 2.33. The SMILES string of the molecule is [NH3+]CCNC1CCNC2CC(Cl)CCC12. The first-order valence-corrected chi connectivity index (χ1v) is 6.65. The average molecular weight is 233 g/mol. The van der Waals surface area contributed by atoms with E-state index in [2.05, 4.69) is 16.4 Å². The Kier molecular flexibility index (Phi) is 4.26. The van der Waals surface area contributed by atoms with E-state index in [0.29, 0.717) is 17.5 Å². The maximum atomic E-state index is 6.22. The van der Waals surface area contributed by atoms with Crippen LogP contribution in [0, 0.1) is 5.92 Å². The molecule has 1 saturated carbocycles. The van der Waals surface area contributed by atoms with Crippen LogP contribution in [0.25, 0.3) is 0 Å². The molecule has 1 aliphatic carbocycles. The first-order chi connectivity index (χ1) is 7.31. The second-order valence-corrected chi connectivity index (χ2v) is 5.45. The van der Waals surface area contributed by atoms with Gasteiger partial charge in [-0.15, -0.1) is 11.6 Å². The Hall–Kier alpha value is 0.170. The molecule has 15 heavy (non-hydrogen) atoms. The minimum Gasteiger partial charge on any atom is -0.357 e. The number of piperidine rings is 1. The normalized spacial score (nSPS) is 41.2. The second-order valence-electron chi connectivity index (χ2n) is 4.84. The number of quaternary nitrogens is 1. The first kappa shape index (κ1) is 11.6. The number of hydrogen-bond donors (Lipinski definition) is 3. The van der Waals surface area contributed by atoms with E-state index in [4.69, 9.17) is 11.6 Å². The van der Waals surface area contributed by atoms with Crippen LogP contribution >= 0.6 is 11.6 Å². The molecule has 0 aromatic rings. The van der Waals surface area contributed by atoms with Crippen molar-refractivity contribution >= 4 is 11.6 Å². The van der Waals surface area contributed by atoms with Crippen LogP contribution in [0.3, 0.4) is 0 Å². The number of nitrogens with one attached hydrogen (secondary N) is 2. The van der Waals surface area contributed by atoms with Crippen LogP contribution < -0.4 is 16.4 Å². The van der Waals surface area contributed by atoms with Gasteiger partial charge in [0.05, 0.1) is 6.54 Å². The van der Waals surface area contributed by atoms with Gasteiger partial charge in [0.25, 0.3) is 0 Å². The smallest absolute Gasteiger partial charge is 0.0866 e. The Morgan fingerprint density at radius 3 is 3.00 bits per heavy atom. The van der Waals surface area contributed by atoms with Crippen LogP contribution in [-0.4, -0.2) is 37.1 Å². The number of fused-ring (bicyclic) bond motifs is 1. The largest absolute Gasteiger partial charge is 0.357 e. The monoisotopic (exact) mass is 232 g/mol. The molecule has 0 spiro atoms. The summed E-state index contributed by atoms with van der Waals surface area (Å²) in [7, 11) is 0. The molecule has 1 heterocycles. The zero-order valence-electron chi connectivity index (χ0n) is 9.34. The topological polar surface area (TPSA) is 51.7 Å². The lowest BCUT2D eigenvalue weighted by molar-refractivity contribution is -0.365. The third-order valence-electron chi connectivity index (χ3n) is 3.80. The van der Waals surface area contributed by atoms with Gasteiger partial charge in [-0.05, 0) is 38.1 Å². The van der Waals surface area contributed by atoms with Gasteiger partial charge in [-0.3, -0.25) is 0 Å². The van der Waals surface area contributed by atoms with Crippen molar-refractivity contribution in [1.82, 2.24) is 10.6 Å². The highest BCUT2D eigenvalue weighted by Gasteiger charge is 2.36. The van der Waals surface area contributed by atoms with E-state index in [1.165, 1.54) is 19.3 Å². The van der Waals surface area contributed by atoms with E-state index in [1.54, 1.807) is 0 Å². The van der Waals surface area contributed by atoms with E-state index in [9.17, 15) is 0 Å². The van der Waals surface area contributed by atoms with E-state index in [-0.39, 0.29) is 0 Å². The third kappa shape index (κ3) is 2.84. The van der Waals surface area contributed by atoms with Crippen molar-refractivity contribution < 1.29 is 5.73 Å². The summed E-state index contributed by atoms with van der Waals surface area (Å²) in [6, 6.07) is 1.35. The Balaban J connectivity index is 1.89. The molecule has 1 aliphatic heterocycles.